The Hall–Kier alpha value is -2.60. The van der Waals surface area contributed by atoms with Crippen LogP contribution in [0.2, 0.25) is 0 Å². The zero-order valence-corrected chi connectivity index (χ0v) is 17.5. The van der Waals surface area contributed by atoms with Crippen molar-refractivity contribution in [3.63, 3.8) is 0 Å². The monoisotopic (exact) mass is 417 g/mol. The highest BCUT2D eigenvalue weighted by atomic mass is 19.4. The van der Waals surface area contributed by atoms with Crippen LogP contribution >= 0.6 is 0 Å². The number of aryl methyl sites for hydroxylation is 2. The molecule has 0 amide bonds. The average molecular weight is 417 g/mol. The van der Waals surface area contributed by atoms with Crippen LogP contribution < -0.4 is 5.43 Å². The lowest BCUT2D eigenvalue weighted by atomic mass is 9.73. The van der Waals surface area contributed by atoms with Gasteiger partial charge in [-0.3, -0.25) is 4.79 Å². The van der Waals surface area contributed by atoms with Crippen LogP contribution in [0.4, 0.5) is 13.2 Å². The highest BCUT2D eigenvalue weighted by Crippen LogP contribution is 2.43. The van der Waals surface area contributed by atoms with Gasteiger partial charge in [0, 0.05) is 17.6 Å². The summed E-state index contributed by atoms with van der Waals surface area (Å²) in [5.41, 5.74) is -1.15. The van der Waals surface area contributed by atoms with Crippen LogP contribution in [0.1, 0.15) is 37.0 Å². The van der Waals surface area contributed by atoms with E-state index in [1.54, 1.807) is 38.1 Å². The van der Waals surface area contributed by atoms with Crippen LogP contribution in [0.5, 0.6) is 0 Å². The summed E-state index contributed by atoms with van der Waals surface area (Å²) in [7, 11) is 0. The van der Waals surface area contributed by atoms with Gasteiger partial charge in [0.2, 0.25) is 0 Å². The van der Waals surface area contributed by atoms with E-state index in [-0.39, 0.29) is 5.43 Å². The van der Waals surface area contributed by atoms with Gasteiger partial charge in [0.1, 0.15) is 0 Å². The fourth-order valence-electron chi connectivity index (χ4n) is 4.32. The Kier molecular flexibility index (Phi) is 5.58. The van der Waals surface area contributed by atoms with Gasteiger partial charge in [-0.2, -0.15) is 13.2 Å². The van der Waals surface area contributed by atoms with E-state index in [9.17, 15) is 23.1 Å². The molecule has 1 heterocycles. The van der Waals surface area contributed by atoms with Crippen molar-refractivity contribution in [2.45, 2.75) is 57.9 Å². The maximum atomic E-state index is 14.2. The minimum Gasteiger partial charge on any atom is -0.379 e. The van der Waals surface area contributed by atoms with E-state index in [0.717, 1.165) is 16.7 Å². The second-order valence-electron chi connectivity index (χ2n) is 8.73. The Bertz CT molecular complexity index is 1130. The second kappa shape index (κ2) is 7.58. The van der Waals surface area contributed by atoms with Crippen LogP contribution in [-0.2, 0) is 12.0 Å². The first-order valence-corrected chi connectivity index (χ1v) is 9.79. The van der Waals surface area contributed by atoms with Crippen molar-refractivity contribution < 1.29 is 18.3 Å². The Balaban J connectivity index is 2.06. The van der Waals surface area contributed by atoms with Gasteiger partial charge in [-0.25, -0.2) is 0 Å². The first-order valence-electron chi connectivity index (χ1n) is 9.79. The molecule has 0 saturated heterocycles. The molecule has 30 heavy (non-hydrogen) atoms. The van der Waals surface area contributed by atoms with Gasteiger partial charge < -0.3 is 9.67 Å². The largest absolute Gasteiger partial charge is 0.418 e. The molecule has 0 saturated carbocycles. The van der Waals surface area contributed by atoms with Crippen LogP contribution in [0, 0.1) is 13.8 Å². The maximum Gasteiger partial charge on any atom is 0.418 e. The van der Waals surface area contributed by atoms with E-state index < -0.39 is 30.2 Å². The molecule has 0 spiro atoms. The number of rotatable bonds is 5. The van der Waals surface area contributed by atoms with Crippen molar-refractivity contribution in [2.24, 2.45) is 0 Å². The van der Waals surface area contributed by atoms with Crippen LogP contribution in [0.15, 0.2) is 59.5 Å². The van der Waals surface area contributed by atoms with Crippen LogP contribution in [0.3, 0.4) is 0 Å². The van der Waals surface area contributed by atoms with Crippen molar-refractivity contribution in [1.29, 1.82) is 0 Å². The third kappa shape index (κ3) is 4.15. The Labute approximate surface area is 173 Å². The molecule has 160 valence electrons. The van der Waals surface area contributed by atoms with Gasteiger partial charge in [-0.1, -0.05) is 49.7 Å². The first kappa shape index (κ1) is 22.1. The summed E-state index contributed by atoms with van der Waals surface area (Å²) in [6, 6.07) is 13.3. The summed E-state index contributed by atoms with van der Waals surface area (Å²) in [6.07, 6.45) is -4.06. The SMILES string of the molecule is Cc1ccc(C(C)(C)CC(O)(Cn2ccc(=O)c3ccccc32)C(F)(F)F)c(C)c1. The standard InChI is InChI=1S/C24H26F3NO2/c1-16-9-10-19(17(2)13-16)22(3,4)14-23(30,24(25,26)27)15-28-12-11-21(29)18-7-5-6-8-20(18)28/h5-13,30H,14-15H2,1-4H3. The number of pyridine rings is 1. The molecule has 6 heteroatoms. The molecule has 1 aromatic heterocycles. The van der Waals surface area contributed by atoms with Crippen molar-refractivity contribution in [3.8, 4) is 0 Å². The third-order valence-electron chi connectivity index (χ3n) is 5.69. The number of alkyl halides is 3. The minimum atomic E-state index is -4.85. The fourth-order valence-corrected chi connectivity index (χ4v) is 4.32. The molecule has 0 fully saturated rings. The lowest BCUT2D eigenvalue weighted by Crippen LogP contribution is -2.52. The van der Waals surface area contributed by atoms with Gasteiger partial charge in [0.15, 0.2) is 11.0 Å². The van der Waals surface area contributed by atoms with Crippen molar-refractivity contribution in [3.05, 3.63) is 81.6 Å². The number of hydrogen-bond acceptors (Lipinski definition) is 2. The topological polar surface area (TPSA) is 42.2 Å². The lowest BCUT2D eigenvalue weighted by Gasteiger charge is -2.39. The number of benzene rings is 2. The number of hydrogen-bond donors (Lipinski definition) is 1. The number of aromatic nitrogens is 1. The Morgan fingerprint density at radius 3 is 2.30 bits per heavy atom. The molecule has 3 nitrogen and oxygen atoms in total. The van der Waals surface area contributed by atoms with Crippen molar-refractivity contribution in [2.75, 3.05) is 0 Å². The summed E-state index contributed by atoms with van der Waals surface area (Å²) < 4.78 is 43.8. The number of nitrogens with zero attached hydrogens (tertiary/aromatic N) is 1. The third-order valence-corrected chi connectivity index (χ3v) is 5.69. The van der Waals surface area contributed by atoms with E-state index in [2.05, 4.69) is 0 Å². The summed E-state index contributed by atoms with van der Waals surface area (Å²) >= 11 is 0. The molecule has 1 unspecified atom stereocenters. The predicted octanol–water partition coefficient (Wildman–Crippen LogP) is 5.28. The quantitative estimate of drug-likeness (QED) is 0.614. The van der Waals surface area contributed by atoms with E-state index >= 15 is 0 Å². The summed E-state index contributed by atoms with van der Waals surface area (Å²) in [5, 5.41) is 11.3. The molecule has 1 atom stereocenters. The van der Waals surface area contributed by atoms with Crippen molar-refractivity contribution >= 4 is 10.9 Å². The summed E-state index contributed by atoms with van der Waals surface area (Å²) in [4.78, 5) is 12.1. The second-order valence-corrected chi connectivity index (χ2v) is 8.73. The Morgan fingerprint density at radius 1 is 1.00 bits per heavy atom. The summed E-state index contributed by atoms with van der Waals surface area (Å²) in [6.45, 7) is 6.52. The zero-order valence-electron chi connectivity index (χ0n) is 17.5. The number of halogens is 3. The van der Waals surface area contributed by atoms with Crippen LogP contribution in [-0.4, -0.2) is 21.5 Å². The summed E-state index contributed by atoms with van der Waals surface area (Å²) in [5.74, 6) is 0. The highest BCUT2D eigenvalue weighted by molar-refractivity contribution is 5.78. The molecule has 0 aliphatic carbocycles. The van der Waals surface area contributed by atoms with Gasteiger partial charge in [-0.05, 0) is 48.9 Å². The molecular formula is C24H26F3NO2. The van der Waals surface area contributed by atoms with E-state index in [0.29, 0.717) is 10.9 Å². The molecule has 2 aromatic carbocycles. The van der Waals surface area contributed by atoms with Gasteiger partial charge >= 0.3 is 6.18 Å². The van der Waals surface area contributed by atoms with E-state index in [1.165, 1.54) is 16.8 Å². The first-order chi connectivity index (χ1) is 13.8. The van der Waals surface area contributed by atoms with E-state index in [1.807, 2.05) is 32.0 Å². The smallest absolute Gasteiger partial charge is 0.379 e. The molecule has 0 aliphatic heterocycles. The molecular weight excluding hydrogens is 391 g/mol. The van der Waals surface area contributed by atoms with Gasteiger partial charge in [0.05, 0.1) is 12.1 Å². The van der Waals surface area contributed by atoms with E-state index in [4.69, 9.17) is 0 Å². The van der Waals surface area contributed by atoms with Gasteiger partial charge in [-0.15, -0.1) is 0 Å². The highest BCUT2D eigenvalue weighted by Gasteiger charge is 2.56. The fraction of sp³-hybridized carbons (Fsp3) is 0.375. The maximum absolute atomic E-state index is 14.2. The molecule has 0 bridgehead atoms. The number of fused-ring (bicyclic) bond motifs is 1. The van der Waals surface area contributed by atoms with Crippen molar-refractivity contribution in [1.82, 2.24) is 4.57 Å². The minimum absolute atomic E-state index is 0.270. The molecule has 3 aromatic rings. The molecule has 3 rings (SSSR count). The average Bonchev–Trinajstić information content (AvgIpc) is 2.62. The molecule has 0 radical (unpaired) electrons. The predicted molar refractivity (Wildman–Crippen MR) is 113 cm³/mol. The van der Waals surface area contributed by atoms with Crippen LogP contribution in [0.25, 0.3) is 10.9 Å². The number of para-hydroxylation sites is 1. The zero-order chi connectivity index (χ0) is 22.3. The lowest BCUT2D eigenvalue weighted by molar-refractivity contribution is -0.271. The molecule has 0 aliphatic rings. The van der Waals surface area contributed by atoms with Gasteiger partial charge in [0.25, 0.3) is 0 Å². The Morgan fingerprint density at radius 2 is 1.67 bits per heavy atom. The number of aliphatic hydroxyl groups is 1. The molecule has 1 N–H and O–H groups in total. The normalized spacial score (nSPS) is 14.7.